The van der Waals surface area contributed by atoms with E-state index in [-0.39, 0.29) is 23.1 Å². The minimum Gasteiger partial charge on any atom is -0.292 e. The first-order chi connectivity index (χ1) is 16.3. The highest BCUT2D eigenvalue weighted by Crippen LogP contribution is 2.52. The van der Waals surface area contributed by atoms with Gasteiger partial charge in [-0.15, -0.1) is 0 Å². The van der Waals surface area contributed by atoms with Gasteiger partial charge in [0, 0.05) is 23.3 Å². The first-order valence-electron chi connectivity index (χ1n) is 11.0. The van der Waals surface area contributed by atoms with Crippen LogP contribution in [0.2, 0.25) is 0 Å². The van der Waals surface area contributed by atoms with E-state index in [0.717, 1.165) is 22.0 Å². The van der Waals surface area contributed by atoms with E-state index in [1.54, 1.807) is 24.3 Å². The smallest absolute Gasteiger partial charge is 0.273 e. The highest BCUT2D eigenvalue weighted by Gasteiger charge is 2.61. The number of benzene rings is 2. The van der Waals surface area contributed by atoms with Gasteiger partial charge >= 0.3 is 0 Å². The number of amides is 3. The Hall–Kier alpha value is -4.14. The molecule has 1 heterocycles. The van der Waals surface area contributed by atoms with Crippen molar-refractivity contribution >= 4 is 29.2 Å². The quantitative estimate of drug-likeness (QED) is 0.215. The van der Waals surface area contributed by atoms with Crippen molar-refractivity contribution in [2.75, 3.05) is 6.54 Å². The van der Waals surface area contributed by atoms with Gasteiger partial charge in [-0.1, -0.05) is 42.0 Å². The number of ketones is 1. The summed E-state index contributed by atoms with van der Waals surface area (Å²) >= 11 is 0. The van der Waals surface area contributed by atoms with Crippen LogP contribution in [0, 0.1) is 40.7 Å². The van der Waals surface area contributed by atoms with Crippen LogP contribution in [0.1, 0.15) is 32.7 Å². The lowest BCUT2D eigenvalue weighted by Crippen LogP contribution is -2.52. The molecule has 0 N–H and O–H groups in total. The fourth-order valence-corrected chi connectivity index (χ4v) is 5.20. The first-order valence-corrected chi connectivity index (χ1v) is 11.0. The fraction of sp³-hybridized carbons (Fsp3) is 0.280. The Kier molecular flexibility index (Phi) is 5.11. The zero-order chi connectivity index (χ0) is 24.1. The number of hydrogen-bond acceptors (Lipinski definition) is 6. The fourth-order valence-electron chi connectivity index (χ4n) is 5.20. The molecule has 2 fully saturated rings. The van der Waals surface area contributed by atoms with Crippen LogP contribution in [0.5, 0.6) is 0 Å². The lowest BCUT2D eigenvalue weighted by molar-refractivity contribution is -0.384. The number of Topliss-reactive ketones (excluding diaryl/α,β-unsaturated/α-hetero) is 1. The van der Waals surface area contributed by atoms with Crippen LogP contribution in [0.3, 0.4) is 0 Å². The second-order valence-corrected chi connectivity index (χ2v) is 8.94. The standard InChI is InChI=1S/C25H21N3O6/c1-14-2-4-15(5-3-14)20(29)13-26(23(30)16-8-10-19(11-9-16)28(33)34)27-24(31)21-17-6-7-18(12-17)22(21)25(27)32/h2-11,17-18,21-22H,12-13H2,1H3/t17-,18-,21+,22+/m0/s1. The lowest BCUT2D eigenvalue weighted by Gasteiger charge is -2.30. The second kappa shape index (κ2) is 8.02. The Bertz CT molecular complexity index is 1220. The van der Waals surface area contributed by atoms with E-state index in [1.807, 2.05) is 19.1 Å². The number of allylic oxidation sites excluding steroid dienone is 2. The van der Waals surface area contributed by atoms with Gasteiger partial charge in [-0.05, 0) is 37.3 Å². The summed E-state index contributed by atoms with van der Waals surface area (Å²) in [6, 6.07) is 11.6. The number of nitrogens with zero attached hydrogens (tertiary/aromatic N) is 3. The Morgan fingerprint density at radius 2 is 1.47 bits per heavy atom. The van der Waals surface area contributed by atoms with Crippen LogP contribution in [-0.4, -0.2) is 45.0 Å². The number of aryl methyl sites for hydroxylation is 1. The van der Waals surface area contributed by atoms with Crippen molar-refractivity contribution in [1.29, 1.82) is 0 Å². The van der Waals surface area contributed by atoms with Crippen molar-refractivity contribution in [1.82, 2.24) is 10.0 Å². The number of carbonyl (C=O) groups is 4. The number of rotatable bonds is 6. The molecule has 2 aromatic rings. The predicted molar refractivity (Wildman–Crippen MR) is 119 cm³/mol. The molecule has 9 heteroatoms. The molecule has 2 aliphatic carbocycles. The van der Waals surface area contributed by atoms with Crippen LogP contribution in [-0.2, 0) is 9.59 Å². The van der Waals surface area contributed by atoms with Gasteiger partial charge in [0.2, 0.25) is 0 Å². The molecule has 9 nitrogen and oxygen atoms in total. The third-order valence-corrected chi connectivity index (χ3v) is 6.91. The maximum atomic E-state index is 13.5. The number of hydrogen-bond donors (Lipinski definition) is 0. The highest BCUT2D eigenvalue weighted by atomic mass is 16.6. The summed E-state index contributed by atoms with van der Waals surface area (Å²) in [5.41, 5.74) is 1.12. The molecule has 3 aliphatic rings. The Labute approximate surface area is 194 Å². The molecular weight excluding hydrogens is 438 g/mol. The maximum Gasteiger partial charge on any atom is 0.273 e. The molecule has 3 amide bonds. The molecule has 0 spiro atoms. The molecule has 172 valence electrons. The van der Waals surface area contributed by atoms with Crippen LogP contribution < -0.4 is 0 Å². The predicted octanol–water partition coefficient (Wildman–Crippen LogP) is 2.95. The minimum atomic E-state index is -0.752. The van der Waals surface area contributed by atoms with Crippen LogP contribution in [0.4, 0.5) is 5.69 Å². The SMILES string of the molecule is Cc1ccc(C(=O)CN(C(=O)c2ccc([N+](=O)[O-])cc2)N2C(=O)[C@H]3[C@H](C2=O)[C@H]2C=C[C@H]3C2)cc1. The molecule has 0 unspecified atom stereocenters. The number of imide groups is 1. The van der Waals surface area contributed by atoms with E-state index in [2.05, 4.69) is 0 Å². The molecule has 5 rings (SSSR count). The summed E-state index contributed by atoms with van der Waals surface area (Å²) < 4.78 is 0. The summed E-state index contributed by atoms with van der Waals surface area (Å²) in [7, 11) is 0. The lowest BCUT2D eigenvalue weighted by atomic mass is 9.85. The van der Waals surface area contributed by atoms with Gasteiger partial charge in [0.05, 0.1) is 16.8 Å². The van der Waals surface area contributed by atoms with Crippen molar-refractivity contribution in [2.24, 2.45) is 23.7 Å². The number of non-ortho nitro benzene ring substituents is 1. The van der Waals surface area contributed by atoms with Crippen LogP contribution in [0.25, 0.3) is 0 Å². The van der Waals surface area contributed by atoms with Crippen LogP contribution in [0.15, 0.2) is 60.7 Å². The molecular formula is C25H21N3O6. The van der Waals surface area contributed by atoms with Crippen LogP contribution >= 0.6 is 0 Å². The van der Waals surface area contributed by atoms with Crippen molar-refractivity contribution < 1.29 is 24.1 Å². The average Bonchev–Trinajstić information content (AvgIpc) is 3.51. The largest absolute Gasteiger partial charge is 0.292 e. The Balaban J connectivity index is 1.49. The van der Waals surface area contributed by atoms with Gasteiger partial charge < -0.3 is 0 Å². The zero-order valence-corrected chi connectivity index (χ0v) is 18.3. The summed E-state index contributed by atoms with van der Waals surface area (Å²) in [5.74, 6) is -3.35. The molecule has 34 heavy (non-hydrogen) atoms. The summed E-state index contributed by atoms with van der Waals surface area (Å²) in [5, 5.41) is 12.7. The number of nitro benzene ring substituents is 1. The minimum absolute atomic E-state index is 0.0288. The third-order valence-electron chi connectivity index (χ3n) is 6.91. The van der Waals surface area contributed by atoms with E-state index < -0.39 is 46.8 Å². The average molecular weight is 459 g/mol. The second-order valence-electron chi connectivity index (χ2n) is 8.94. The molecule has 2 bridgehead atoms. The number of fused-ring (bicyclic) bond motifs is 5. The molecule has 2 aromatic carbocycles. The third kappa shape index (κ3) is 3.40. The molecule has 4 atom stereocenters. The topological polar surface area (TPSA) is 118 Å². The van der Waals surface area contributed by atoms with Gasteiger partial charge in [0.15, 0.2) is 5.78 Å². The zero-order valence-electron chi connectivity index (χ0n) is 18.3. The van der Waals surface area contributed by atoms with Crippen molar-refractivity contribution in [3.8, 4) is 0 Å². The molecule has 0 aromatic heterocycles. The number of carbonyl (C=O) groups excluding carboxylic acids is 4. The molecule has 1 saturated heterocycles. The van der Waals surface area contributed by atoms with Crippen molar-refractivity contribution in [3.05, 3.63) is 87.5 Å². The van der Waals surface area contributed by atoms with E-state index in [1.165, 1.54) is 24.3 Å². The normalized spacial score (nSPS) is 24.4. The van der Waals surface area contributed by atoms with Gasteiger partial charge in [-0.3, -0.25) is 29.3 Å². The highest BCUT2D eigenvalue weighted by molar-refractivity contribution is 6.10. The molecule has 0 radical (unpaired) electrons. The number of nitro groups is 1. The monoisotopic (exact) mass is 459 g/mol. The van der Waals surface area contributed by atoms with Gasteiger partial charge in [0.25, 0.3) is 23.4 Å². The van der Waals surface area contributed by atoms with E-state index in [0.29, 0.717) is 5.56 Å². The summed E-state index contributed by atoms with van der Waals surface area (Å²) in [6.07, 6.45) is 4.63. The maximum absolute atomic E-state index is 13.5. The molecule has 1 saturated carbocycles. The summed E-state index contributed by atoms with van der Waals surface area (Å²) in [6.45, 7) is 1.36. The first kappa shape index (κ1) is 21.7. The Morgan fingerprint density at radius 1 is 0.941 bits per heavy atom. The van der Waals surface area contributed by atoms with Crippen molar-refractivity contribution in [2.45, 2.75) is 13.3 Å². The van der Waals surface area contributed by atoms with Gasteiger partial charge in [-0.25, -0.2) is 5.01 Å². The van der Waals surface area contributed by atoms with E-state index in [4.69, 9.17) is 0 Å². The number of hydrazine groups is 1. The summed E-state index contributed by atoms with van der Waals surface area (Å²) in [4.78, 5) is 63.6. The van der Waals surface area contributed by atoms with Crippen molar-refractivity contribution in [3.63, 3.8) is 0 Å². The Morgan fingerprint density at radius 3 is 2.00 bits per heavy atom. The van der Waals surface area contributed by atoms with E-state index in [9.17, 15) is 29.3 Å². The van der Waals surface area contributed by atoms with E-state index >= 15 is 0 Å². The van der Waals surface area contributed by atoms with Gasteiger partial charge in [0.1, 0.15) is 6.54 Å². The van der Waals surface area contributed by atoms with Gasteiger partial charge in [-0.2, -0.15) is 5.01 Å². The molecule has 1 aliphatic heterocycles.